The maximum Gasteiger partial charge on any atom is 0.237 e. The Hall–Kier alpha value is -0.610. The van der Waals surface area contributed by atoms with Gasteiger partial charge >= 0.3 is 0 Å². The third kappa shape index (κ3) is 4.19. The minimum atomic E-state index is -0.588. The molecule has 2 aliphatic rings. The van der Waals surface area contributed by atoms with Gasteiger partial charge in [-0.2, -0.15) is 0 Å². The molecule has 2 rings (SSSR count). The first-order chi connectivity index (χ1) is 9.92. The van der Waals surface area contributed by atoms with E-state index in [1.54, 1.807) is 0 Å². The van der Waals surface area contributed by atoms with Crippen LogP contribution in [0.2, 0.25) is 0 Å². The number of nitrogens with one attached hydrogen (secondary N) is 1. The first-order valence-electron chi connectivity index (χ1n) is 8.74. The lowest BCUT2D eigenvalue weighted by Crippen LogP contribution is -2.58. The highest BCUT2D eigenvalue weighted by Gasteiger charge is 2.36. The van der Waals surface area contributed by atoms with Crippen LogP contribution in [0.5, 0.6) is 0 Å². The fraction of sp³-hybridized carbons (Fsp3) is 0.941. The molecule has 0 aromatic heterocycles. The molecule has 1 heterocycles. The van der Waals surface area contributed by atoms with Gasteiger partial charge in [-0.25, -0.2) is 0 Å². The number of hydrogen-bond acceptors (Lipinski definition) is 3. The van der Waals surface area contributed by atoms with Gasteiger partial charge in [0.05, 0.1) is 5.54 Å². The summed E-state index contributed by atoms with van der Waals surface area (Å²) in [4.78, 5) is 14.5. The van der Waals surface area contributed by atoms with Crippen LogP contribution in [0, 0.1) is 5.92 Å². The predicted octanol–water partition coefficient (Wildman–Crippen LogP) is 2.27. The topological polar surface area (TPSA) is 58.4 Å². The van der Waals surface area contributed by atoms with E-state index in [0.29, 0.717) is 0 Å². The van der Waals surface area contributed by atoms with Crippen molar-refractivity contribution in [3.63, 3.8) is 0 Å². The van der Waals surface area contributed by atoms with E-state index < -0.39 is 5.54 Å². The maximum absolute atomic E-state index is 11.9. The van der Waals surface area contributed by atoms with E-state index in [-0.39, 0.29) is 11.9 Å². The van der Waals surface area contributed by atoms with Crippen molar-refractivity contribution in [1.82, 2.24) is 10.2 Å². The molecule has 1 amide bonds. The number of rotatable bonds is 6. The molecule has 0 aromatic carbocycles. The lowest BCUT2D eigenvalue weighted by Gasteiger charge is -2.45. The Morgan fingerprint density at radius 2 is 1.95 bits per heavy atom. The van der Waals surface area contributed by atoms with Crippen LogP contribution in [0.1, 0.15) is 65.7 Å². The summed E-state index contributed by atoms with van der Waals surface area (Å²) >= 11 is 0. The summed E-state index contributed by atoms with van der Waals surface area (Å²) in [6, 6.07) is 1.02. The van der Waals surface area contributed by atoms with E-state index in [0.717, 1.165) is 24.9 Å². The molecule has 122 valence electrons. The molecule has 1 unspecified atom stereocenters. The molecular weight excluding hydrogens is 262 g/mol. The summed E-state index contributed by atoms with van der Waals surface area (Å²) < 4.78 is 0. The number of nitrogens with zero attached hydrogens (tertiary/aromatic N) is 1. The van der Waals surface area contributed by atoms with Gasteiger partial charge < -0.3 is 16.0 Å². The Bertz CT molecular complexity index is 356. The fourth-order valence-electron chi connectivity index (χ4n) is 4.28. The molecule has 3 atom stereocenters. The van der Waals surface area contributed by atoms with E-state index in [1.807, 2.05) is 6.92 Å². The number of amides is 1. The van der Waals surface area contributed by atoms with Crippen LogP contribution in [0.4, 0.5) is 0 Å². The van der Waals surface area contributed by atoms with Gasteiger partial charge in [-0.05, 0) is 65.3 Å². The van der Waals surface area contributed by atoms with E-state index in [2.05, 4.69) is 24.1 Å². The van der Waals surface area contributed by atoms with Crippen LogP contribution < -0.4 is 11.1 Å². The fourth-order valence-corrected chi connectivity index (χ4v) is 4.28. The molecule has 0 bridgehead atoms. The third-order valence-corrected chi connectivity index (χ3v) is 5.41. The molecule has 1 aliphatic heterocycles. The summed E-state index contributed by atoms with van der Waals surface area (Å²) in [5.74, 6) is 0.666. The Kier molecular flexibility index (Phi) is 5.67. The van der Waals surface area contributed by atoms with Gasteiger partial charge in [0, 0.05) is 18.6 Å². The average molecular weight is 295 g/mol. The summed E-state index contributed by atoms with van der Waals surface area (Å²) in [5.41, 5.74) is 5.06. The zero-order chi connectivity index (χ0) is 15.5. The average Bonchev–Trinajstić information content (AvgIpc) is 2.44. The van der Waals surface area contributed by atoms with Crippen molar-refractivity contribution >= 4 is 5.91 Å². The van der Waals surface area contributed by atoms with Crippen LogP contribution in [0.25, 0.3) is 0 Å². The second kappa shape index (κ2) is 7.10. The Labute approximate surface area is 129 Å². The van der Waals surface area contributed by atoms with Crippen molar-refractivity contribution in [2.24, 2.45) is 11.7 Å². The first-order valence-corrected chi connectivity index (χ1v) is 8.74. The molecule has 3 N–H and O–H groups in total. The zero-order valence-corrected chi connectivity index (χ0v) is 14.0. The van der Waals surface area contributed by atoms with Gasteiger partial charge in [0.1, 0.15) is 0 Å². The Morgan fingerprint density at radius 3 is 2.62 bits per heavy atom. The molecule has 0 aromatic rings. The van der Waals surface area contributed by atoms with Gasteiger partial charge in [-0.1, -0.05) is 12.8 Å². The Morgan fingerprint density at radius 1 is 1.29 bits per heavy atom. The SMILES string of the molecule is CC(C)NC(C)(CCN1CCC[C@H]2CCCC[C@H]21)C(N)=O. The van der Waals surface area contributed by atoms with Gasteiger partial charge in [0.2, 0.25) is 5.91 Å². The quantitative estimate of drug-likeness (QED) is 0.790. The number of carbonyl (C=O) groups excluding carboxylic acids is 1. The number of likely N-dealkylation sites (tertiary alicyclic amines) is 1. The molecule has 1 aliphatic carbocycles. The van der Waals surface area contributed by atoms with Crippen molar-refractivity contribution in [1.29, 1.82) is 0 Å². The summed E-state index contributed by atoms with van der Waals surface area (Å²) in [6.45, 7) is 8.27. The molecule has 0 spiro atoms. The van der Waals surface area contributed by atoms with Crippen LogP contribution in [-0.2, 0) is 4.79 Å². The number of fused-ring (bicyclic) bond motifs is 1. The standard InChI is InChI=1S/C17H33N3O/c1-13(2)19-17(3,16(18)21)10-12-20-11-6-8-14-7-4-5-9-15(14)20/h13-15,19H,4-12H2,1-3H3,(H2,18,21)/t14-,15-,17?/m1/s1. The van der Waals surface area contributed by atoms with Crippen molar-refractivity contribution in [2.75, 3.05) is 13.1 Å². The van der Waals surface area contributed by atoms with Gasteiger partial charge in [0.25, 0.3) is 0 Å². The molecule has 21 heavy (non-hydrogen) atoms. The second-order valence-electron chi connectivity index (χ2n) is 7.54. The largest absolute Gasteiger partial charge is 0.368 e. The van der Waals surface area contributed by atoms with E-state index in [1.165, 1.54) is 45.1 Å². The van der Waals surface area contributed by atoms with Crippen LogP contribution in [0.3, 0.4) is 0 Å². The number of hydrogen-bond donors (Lipinski definition) is 2. The van der Waals surface area contributed by atoms with Crippen molar-refractivity contribution < 1.29 is 4.79 Å². The molecule has 1 saturated heterocycles. The Balaban J connectivity index is 1.94. The number of primary amides is 1. The normalized spacial score (nSPS) is 29.9. The van der Waals surface area contributed by atoms with E-state index in [9.17, 15) is 4.79 Å². The first kappa shape index (κ1) is 16.8. The number of carbonyl (C=O) groups is 1. The van der Waals surface area contributed by atoms with Gasteiger partial charge in [-0.15, -0.1) is 0 Å². The highest BCUT2D eigenvalue weighted by Crippen LogP contribution is 2.35. The van der Waals surface area contributed by atoms with Crippen LogP contribution in [-0.4, -0.2) is 41.5 Å². The minimum Gasteiger partial charge on any atom is -0.368 e. The van der Waals surface area contributed by atoms with Crippen molar-refractivity contribution in [3.05, 3.63) is 0 Å². The zero-order valence-electron chi connectivity index (χ0n) is 14.0. The second-order valence-corrected chi connectivity index (χ2v) is 7.54. The molecule has 4 heteroatoms. The highest BCUT2D eigenvalue weighted by atomic mass is 16.1. The van der Waals surface area contributed by atoms with Crippen LogP contribution in [0.15, 0.2) is 0 Å². The monoisotopic (exact) mass is 295 g/mol. The highest BCUT2D eigenvalue weighted by molar-refractivity contribution is 5.84. The lowest BCUT2D eigenvalue weighted by molar-refractivity contribution is -0.124. The molecule has 4 nitrogen and oxygen atoms in total. The summed E-state index contributed by atoms with van der Waals surface area (Å²) in [7, 11) is 0. The van der Waals surface area contributed by atoms with E-state index >= 15 is 0 Å². The lowest BCUT2D eigenvalue weighted by atomic mass is 9.78. The van der Waals surface area contributed by atoms with Gasteiger partial charge in [-0.3, -0.25) is 4.79 Å². The van der Waals surface area contributed by atoms with Crippen molar-refractivity contribution in [3.8, 4) is 0 Å². The molecular formula is C17H33N3O. The predicted molar refractivity (Wildman–Crippen MR) is 87.0 cm³/mol. The van der Waals surface area contributed by atoms with E-state index in [4.69, 9.17) is 5.73 Å². The number of nitrogens with two attached hydrogens (primary N) is 1. The maximum atomic E-state index is 11.9. The smallest absolute Gasteiger partial charge is 0.237 e. The van der Waals surface area contributed by atoms with Crippen LogP contribution >= 0.6 is 0 Å². The molecule has 2 fully saturated rings. The number of piperidine rings is 1. The minimum absolute atomic E-state index is 0.228. The summed E-state index contributed by atoms with van der Waals surface area (Å²) in [5, 5.41) is 3.37. The van der Waals surface area contributed by atoms with Gasteiger partial charge in [0.15, 0.2) is 0 Å². The summed E-state index contributed by atoms with van der Waals surface area (Å²) in [6.07, 6.45) is 9.04. The third-order valence-electron chi connectivity index (χ3n) is 5.41. The van der Waals surface area contributed by atoms with Crippen molar-refractivity contribution in [2.45, 2.75) is 83.3 Å². The molecule has 1 saturated carbocycles. The molecule has 0 radical (unpaired) electrons.